The van der Waals surface area contributed by atoms with Gasteiger partial charge in [-0.15, -0.1) is 0 Å². The van der Waals surface area contributed by atoms with Crippen LogP contribution in [0.4, 0.5) is 11.4 Å². The van der Waals surface area contributed by atoms with Gasteiger partial charge >= 0.3 is 11.8 Å². The van der Waals surface area contributed by atoms with Gasteiger partial charge in [0.15, 0.2) is 6.29 Å². The van der Waals surface area contributed by atoms with Gasteiger partial charge in [-0.05, 0) is 30.2 Å². The molecule has 0 heterocycles. The maximum atomic E-state index is 12.1. The van der Waals surface area contributed by atoms with Crippen molar-refractivity contribution in [3.05, 3.63) is 54.1 Å². The Bertz CT molecular complexity index is 743. The van der Waals surface area contributed by atoms with Crippen LogP contribution in [0.1, 0.15) is 12.5 Å². The first-order valence-electron chi connectivity index (χ1n) is 7.51. The topological polar surface area (TPSA) is 84.5 Å². The maximum Gasteiger partial charge on any atom is 0.314 e. The fourth-order valence-electron chi connectivity index (χ4n) is 2.13. The molecular formula is C18H18N2O4. The number of para-hydroxylation sites is 3. The van der Waals surface area contributed by atoms with Crippen molar-refractivity contribution in [2.45, 2.75) is 13.3 Å². The van der Waals surface area contributed by atoms with Crippen molar-refractivity contribution in [2.24, 2.45) is 0 Å². The van der Waals surface area contributed by atoms with Crippen LogP contribution in [0.15, 0.2) is 48.5 Å². The first-order chi connectivity index (χ1) is 11.7. The van der Waals surface area contributed by atoms with E-state index in [0.717, 1.165) is 12.0 Å². The minimum absolute atomic E-state index is 0.136. The zero-order valence-electron chi connectivity index (χ0n) is 13.2. The highest BCUT2D eigenvalue weighted by Crippen LogP contribution is 2.23. The largest absolute Gasteiger partial charge is 0.484 e. The van der Waals surface area contributed by atoms with E-state index in [-0.39, 0.29) is 6.61 Å². The quantitative estimate of drug-likeness (QED) is 0.630. The average Bonchev–Trinajstić information content (AvgIpc) is 2.61. The standard InChI is InChI=1S/C18H18N2O4/c1-2-13-7-3-4-8-14(13)19-17(22)18(23)20-15-9-5-6-10-16(15)24-12-11-21/h3-11H,2,12H2,1H3,(H,19,22)(H,20,23). The molecule has 2 amide bonds. The third kappa shape index (κ3) is 4.42. The number of rotatable bonds is 6. The molecule has 0 atom stereocenters. The van der Waals surface area contributed by atoms with Crippen LogP contribution >= 0.6 is 0 Å². The minimum atomic E-state index is -0.817. The first-order valence-corrected chi connectivity index (χ1v) is 7.51. The molecule has 0 unspecified atom stereocenters. The highest BCUT2D eigenvalue weighted by atomic mass is 16.5. The Morgan fingerprint density at radius 3 is 2.21 bits per heavy atom. The van der Waals surface area contributed by atoms with E-state index >= 15 is 0 Å². The number of carbonyl (C=O) groups is 3. The summed E-state index contributed by atoms with van der Waals surface area (Å²) in [5, 5.41) is 5.08. The van der Waals surface area contributed by atoms with Gasteiger partial charge in [-0.1, -0.05) is 37.3 Å². The summed E-state index contributed by atoms with van der Waals surface area (Å²) in [5.41, 5.74) is 1.86. The van der Waals surface area contributed by atoms with Crippen molar-refractivity contribution in [3.63, 3.8) is 0 Å². The van der Waals surface area contributed by atoms with Gasteiger partial charge in [0, 0.05) is 5.69 Å². The van der Waals surface area contributed by atoms with Crippen molar-refractivity contribution in [1.82, 2.24) is 0 Å². The molecule has 2 aromatic rings. The summed E-state index contributed by atoms with van der Waals surface area (Å²) in [5.74, 6) is -1.27. The summed E-state index contributed by atoms with van der Waals surface area (Å²) in [6.07, 6.45) is 1.34. The number of aldehydes is 1. The fourth-order valence-corrected chi connectivity index (χ4v) is 2.13. The Morgan fingerprint density at radius 2 is 1.54 bits per heavy atom. The predicted molar refractivity (Wildman–Crippen MR) is 91.1 cm³/mol. The van der Waals surface area contributed by atoms with Crippen LogP contribution in [0, 0.1) is 0 Å². The van der Waals surface area contributed by atoms with E-state index in [1.165, 1.54) is 0 Å². The third-order valence-electron chi connectivity index (χ3n) is 3.29. The highest BCUT2D eigenvalue weighted by Gasteiger charge is 2.17. The molecule has 0 fully saturated rings. The van der Waals surface area contributed by atoms with Crippen LogP contribution in [0.2, 0.25) is 0 Å². The Hall–Kier alpha value is -3.15. The molecule has 0 saturated heterocycles. The molecule has 0 saturated carbocycles. The lowest BCUT2D eigenvalue weighted by molar-refractivity contribution is -0.133. The number of hydrogen-bond acceptors (Lipinski definition) is 4. The summed E-state index contributed by atoms with van der Waals surface area (Å²) in [7, 11) is 0. The Morgan fingerprint density at radius 1 is 0.958 bits per heavy atom. The Labute approximate surface area is 139 Å². The molecule has 0 aliphatic rings. The number of anilines is 2. The molecule has 6 nitrogen and oxygen atoms in total. The van der Waals surface area contributed by atoms with E-state index in [1.807, 2.05) is 19.1 Å². The maximum absolute atomic E-state index is 12.1. The molecule has 0 aliphatic heterocycles. The van der Waals surface area contributed by atoms with Crippen LogP contribution in [0.5, 0.6) is 5.75 Å². The van der Waals surface area contributed by atoms with Gasteiger partial charge in [0.1, 0.15) is 12.4 Å². The normalized spacial score (nSPS) is 9.88. The molecule has 2 rings (SSSR count). The van der Waals surface area contributed by atoms with Crippen LogP contribution in [0.3, 0.4) is 0 Å². The average molecular weight is 326 g/mol. The predicted octanol–water partition coefficient (Wildman–Crippen LogP) is 2.40. The van der Waals surface area contributed by atoms with Gasteiger partial charge in [0.05, 0.1) is 5.69 Å². The molecule has 124 valence electrons. The molecule has 24 heavy (non-hydrogen) atoms. The van der Waals surface area contributed by atoms with Crippen molar-refractivity contribution in [1.29, 1.82) is 0 Å². The lowest BCUT2D eigenvalue weighted by Crippen LogP contribution is -2.29. The highest BCUT2D eigenvalue weighted by molar-refractivity contribution is 6.43. The number of amides is 2. The number of aryl methyl sites for hydroxylation is 1. The molecule has 0 bridgehead atoms. The fraction of sp³-hybridized carbons (Fsp3) is 0.167. The molecule has 0 spiro atoms. The number of nitrogens with one attached hydrogen (secondary N) is 2. The second kappa shape index (κ2) is 8.47. The van der Waals surface area contributed by atoms with E-state index in [0.29, 0.717) is 23.4 Å². The van der Waals surface area contributed by atoms with Gasteiger partial charge in [-0.2, -0.15) is 0 Å². The van der Waals surface area contributed by atoms with Gasteiger partial charge < -0.3 is 15.4 Å². The second-order valence-electron chi connectivity index (χ2n) is 4.89. The number of benzene rings is 2. The van der Waals surface area contributed by atoms with Gasteiger partial charge in [0.25, 0.3) is 0 Å². The van der Waals surface area contributed by atoms with Crippen molar-refractivity contribution >= 4 is 29.5 Å². The molecular weight excluding hydrogens is 308 g/mol. The SMILES string of the molecule is CCc1ccccc1NC(=O)C(=O)Nc1ccccc1OCC=O. The summed E-state index contributed by atoms with van der Waals surface area (Å²) < 4.78 is 5.21. The van der Waals surface area contributed by atoms with Gasteiger partial charge in [-0.3, -0.25) is 14.4 Å². The van der Waals surface area contributed by atoms with Gasteiger partial charge in [0.2, 0.25) is 0 Å². The van der Waals surface area contributed by atoms with Crippen LogP contribution in [-0.4, -0.2) is 24.7 Å². The van der Waals surface area contributed by atoms with E-state index < -0.39 is 11.8 Å². The Balaban J connectivity index is 2.07. The molecule has 2 aromatic carbocycles. The molecule has 0 aromatic heterocycles. The number of hydrogen-bond donors (Lipinski definition) is 2. The van der Waals surface area contributed by atoms with Crippen LogP contribution in [0.25, 0.3) is 0 Å². The monoisotopic (exact) mass is 326 g/mol. The summed E-state index contributed by atoms with van der Waals surface area (Å²) in [6.45, 7) is 1.83. The minimum Gasteiger partial charge on any atom is -0.484 e. The van der Waals surface area contributed by atoms with E-state index in [1.54, 1.807) is 36.4 Å². The number of ether oxygens (including phenoxy) is 1. The number of carbonyl (C=O) groups excluding carboxylic acids is 3. The van der Waals surface area contributed by atoms with Crippen molar-refractivity contribution < 1.29 is 19.1 Å². The van der Waals surface area contributed by atoms with Crippen molar-refractivity contribution in [2.75, 3.05) is 17.2 Å². The zero-order chi connectivity index (χ0) is 17.4. The van der Waals surface area contributed by atoms with Crippen LogP contribution < -0.4 is 15.4 Å². The smallest absolute Gasteiger partial charge is 0.314 e. The molecule has 0 aliphatic carbocycles. The summed E-state index contributed by atoms with van der Waals surface area (Å²) >= 11 is 0. The molecule has 0 radical (unpaired) electrons. The van der Waals surface area contributed by atoms with E-state index in [2.05, 4.69) is 10.6 Å². The lowest BCUT2D eigenvalue weighted by Gasteiger charge is -2.12. The second-order valence-corrected chi connectivity index (χ2v) is 4.89. The molecule has 2 N–H and O–H groups in total. The van der Waals surface area contributed by atoms with Gasteiger partial charge in [-0.25, -0.2) is 0 Å². The lowest BCUT2D eigenvalue weighted by atomic mass is 10.1. The summed E-state index contributed by atoms with van der Waals surface area (Å²) in [4.78, 5) is 34.6. The molecule has 6 heteroatoms. The zero-order valence-corrected chi connectivity index (χ0v) is 13.2. The Kier molecular flexibility index (Phi) is 6.08. The first kappa shape index (κ1) is 17.2. The van der Waals surface area contributed by atoms with Crippen molar-refractivity contribution in [3.8, 4) is 5.75 Å². The summed E-state index contributed by atoms with van der Waals surface area (Å²) in [6, 6.07) is 13.9. The van der Waals surface area contributed by atoms with E-state index in [9.17, 15) is 14.4 Å². The van der Waals surface area contributed by atoms with E-state index in [4.69, 9.17) is 4.74 Å². The third-order valence-corrected chi connectivity index (χ3v) is 3.29. The van der Waals surface area contributed by atoms with Crippen LogP contribution in [-0.2, 0) is 20.8 Å².